The first-order valence-corrected chi connectivity index (χ1v) is 9.10. The Morgan fingerprint density at radius 3 is 2.67 bits per heavy atom. The molecule has 5 nitrogen and oxygen atoms in total. The van der Waals surface area contributed by atoms with Crippen molar-refractivity contribution in [2.45, 2.75) is 18.4 Å². The Balaban J connectivity index is 1.80. The summed E-state index contributed by atoms with van der Waals surface area (Å²) >= 11 is 1.43. The zero-order valence-corrected chi connectivity index (χ0v) is 13.3. The molecule has 1 aromatic carbocycles. The van der Waals surface area contributed by atoms with Crippen molar-refractivity contribution in [3.63, 3.8) is 0 Å². The summed E-state index contributed by atoms with van der Waals surface area (Å²) < 4.78 is 31.6. The van der Waals surface area contributed by atoms with Gasteiger partial charge in [0.25, 0.3) is 0 Å². The number of hydrogen-bond acceptors (Lipinski definition) is 5. The third-order valence-corrected chi connectivity index (χ3v) is 5.47. The minimum absolute atomic E-state index is 0.0334. The van der Waals surface area contributed by atoms with Gasteiger partial charge in [0.15, 0.2) is 0 Å². The predicted octanol–water partition coefficient (Wildman–Crippen LogP) is 2.38. The lowest BCUT2D eigenvalue weighted by atomic mass is 10.3. The van der Waals surface area contributed by atoms with Crippen molar-refractivity contribution in [3.8, 4) is 0 Å². The monoisotopic (exact) mass is 326 g/mol. The van der Waals surface area contributed by atoms with E-state index >= 15 is 0 Å². The highest BCUT2D eigenvalue weighted by molar-refractivity contribution is 8.00. The molecule has 114 valence electrons. The van der Waals surface area contributed by atoms with E-state index in [4.69, 9.17) is 10.2 Å². The fourth-order valence-corrected chi connectivity index (χ4v) is 4.05. The molecule has 0 saturated carbocycles. The normalized spacial score (nSPS) is 11.7. The second-order valence-electron chi connectivity index (χ2n) is 4.54. The molecule has 0 spiro atoms. The molecule has 21 heavy (non-hydrogen) atoms. The SMILES string of the molecule is Cc1ccc(CNS(=O)(=O)CCSc2ccccc2N)o1. The van der Waals surface area contributed by atoms with E-state index in [1.807, 2.05) is 25.1 Å². The Morgan fingerprint density at radius 2 is 2.00 bits per heavy atom. The lowest BCUT2D eigenvalue weighted by molar-refractivity contribution is 0.475. The summed E-state index contributed by atoms with van der Waals surface area (Å²) in [5.74, 6) is 1.85. The maximum Gasteiger partial charge on any atom is 0.212 e. The van der Waals surface area contributed by atoms with Gasteiger partial charge >= 0.3 is 0 Å². The fourth-order valence-electron chi connectivity index (χ4n) is 1.71. The van der Waals surface area contributed by atoms with Crippen molar-refractivity contribution >= 4 is 27.5 Å². The first-order chi connectivity index (χ1) is 9.96. The number of nitrogen functional groups attached to an aromatic ring is 1. The number of nitrogens with one attached hydrogen (secondary N) is 1. The van der Waals surface area contributed by atoms with Crippen molar-refractivity contribution < 1.29 is 12.8 Å². The van der Waals surface area contributed by atoms with Crippen molar-refractivity contribution in [3.05, 3.63) is 47.9 Å². The summed E-state index contributed by atoms with van der Waals surface area (Å²) in [6.07, 6.45) is 0. The lowest BCUT2D eigenvalue weighted by Gasteiger charge is -2.07. The van der Waals surface area contributed by atoms with Crippen LogP contribution < -0.4 is 10.5 Å². The van der Waals surface area contributed by atoms with Crippen LogP contribution in [0.15, 0.2) is 45.7 Å². The van der Waals surface area contributed by atoms with Crippen LogP contribution in [0.1, 0.15) is 11.5 Å². The van der Waals surface area contributed by atoms with Crippen LogP contribution in [0.25, 0.3) is 0 Å². The number of nitrogens with two attached hydrogens (primary N) is 1. The van der Waals surface area contributed by atoms with Gasteiger partial charge in [-0.1, -0.05) is 12.1 Å². The molecule has 1 heterocycles. The molecule has 0 fully saturated rings. The number of benzene rings is 1. The van der Waals surface area contributed by atoms with Gasteiger partial charge in [0.1, 0.15) is 11.5 Å². The van der Waals surface area contributed by atoms with Crippen LogP contribution >= 0.6 is 11.8 Å². The second kappa shape index (κ2) is 7.02. The maximum absolute atomic E-state index is 11.9. The van der Waals surface area contributed by atoms with E-state index in [9.17, 15) is 8.42 Å². The molecule has 0 aliphatic rings. The van der Waals surface area contributed by atoms with Crippen molar-refractivity contribution in [2.24, 2.45) is 0 Å². The summed E-state index contributed by atoms with van der Waals surface area (Å²) in [4.78, 5) is 0.898. The third kappa shape index (κ3) is 5.11. The number of thioether (sulfide) groups is 1. The average Bonchev–Trinajstić information content (AvgIpc) is 2.85. The lowest BCUT2D eigenvalue weighted by Crippen LogP contribution is -2.26. The van der Waals surface area contributed by atoms with Gasteiger partial charge in [-0.2, -0.15) is 0 Å². The molecule has 3 N–H and O–H groups in total. The summed E-state index contributed by atoms with van der Waals surface area (Å²) in [5.41, 5.74) is 6.47. The molecule has 2 aromatic rings. The highest BCUT2D eigenvalue weighted by Crippen LogP contribution is 2.24. The zero-order valence-electron chi connectivity index (χ0n) is 11.7. The molecule has 0 amide bonds. The summed E-state index contributed by atoms with van der Waals surface area (Å²) in [6, 6.07) is 11.0. The topological polar surface area (TPSA) is 85.3 Å². The number of sulfonamides is 1. The van der Waals surface area contributed by atoms with Crippen molar-refractivity contribution in [1.82, 2.24) is 4.72 Å². The van der Waals surface area contributed by atoms with E-state index in [2.05, 4.69) is 4.72 Å². The van der Waals surface area contributed by atoms with Crippen molar-refractivity contribution in [1.29, 1.82) is 0 Å². The van der Waals surface area contributed by atoms with Crippen LogP contribution in [0.5, 0.6) is 0 Å². The molecule has 0 unspecified atom stereocenters. The summed E-state index contributed by atoms with van der Waals surface area (Å²) in [5, 5.41) is 0. The number of furan rings is 1. The van der Waals surface area contributed by atoms with Gasteiger partial charge in [0.2, 0.25) is 10.0 Å². The van der Waals surface area contributed by atoms with Gasteiger partial charge in [-0.3, -0.25) is 0 Å². The molecule has 1 aromatic heterocycles. The van der Waals surface area contributed by atoms with E-state index in [-0.39, 0.29) is 12.3 Å². The molecule has 0 aliphatic carbocycles. The number of rotatable bonds is 7. The quantitative estimate of drug-likeness (QED) is 0.603. The standard InChI is InChI=1S/C14H18N2O3S2/c1-11-6-7-12(19-11)10-16-21(17,18)9-8-20-14-5-3-2-4-13(14)15/h2-7,16H,8-10,15H2,1H3. The third-order valence-electron chi connectivity index (χ3n) is 2.79. The largest absolute Gasteiger partial charge is 0.465 e. The smallest absolute Gasteiger partial charge is 0.212 e. The molecule has 0 radical (unpaired) electrons. The molecule has 2 rings (SSSR count). The molecule has 0 bridgehead atoms. The van der Waals surface area contributed by atoms with Crippen LogP contribution in [-0.4, -0.2) is 19.9 Å². The number of anilines is 1. The maximum atomic E-state index is 11.9. The number of aryl methyl sites for hydroxylation is 1. The Kier molecular flexibility index (Phi) is 5.33. The molecule has 0 aliphatic heterocycles. The van der Waals surface area contributed by atoms with E-state index in [1.54, 1.807) is 18.2 Å². The van der Waals surface area contributed by atoms with E-state index in [1.165, 1.54) is 11.8 Å². The minimum Gasteiger partial charge on any atom is -0.465 e. The molecule has 0 atom stereocenters. The van der Waals surface area contributed by atoms with Crippen LogP contribution in [0.3, 0.4) is 0 Å². The molecule has 7 heteroatoms. The van der Waals surface area contributed by atoms with E-state index in [0.29, 0.717) is 17.2 Å². The fraction of sp³-hybridized carbons (Fsp3) is 0.286. The van der Waals surface area contributed by atoms with Crippen LogP contribution in [0.4, 0.5) is 5.69 Å². The van der Waals surface area contributed by atoms with Crippen LogP contribution in [-0.2, 0) is 16.6 Å². The van der Waals surface area contributed by atoms with Crippen LogP contribution in [0, 0.1) is 6.92 Å². The highest BCUT2D eigenvalue weighted by Gasteiger charge is 2.11. The Hall–Kier alpha value is -1.44. The van der Waals surface area contributed by atoms with Gasteiger partial charge in [0.05, 0.1) is 12.3 Å². The predicted molar refractivity (Wildman–Crippen MR) is 85.6 cm³/mol. The Bertz CT molecular complexity index is 696. The summed E-state index contributed by atoms with van der Waals surface area (Å²) in [6.45, 7) is 1.99. The number of para-hydroxylation sites is 1. The summed E-state index contributed by atoms with van der Waals surface area (Å²) in [7, 11) is -3.33. The van der Waals surface area contributed by atoms with E-state index < -0.39 is 10.0 Å². The van der Waals surface area contributed by atoms with Gasteiger partial charge in [0, 0.05) is 16.3 Å². The number of hydrogen-bond donors (Lipinski definition) is 2. The molecular weight excluding hydrogens is 308 g/mol. The Morgan fingerprint density at radius 1 is 1.24 bits per heavy atom. The van der Waals surface area contributed by atoms with Gasteiger partial charge in [-0.15, -0.1) is 11.8 Å². The minimum atomic E-state index is -3.33. The van der Waals surface area contributed by atoms with Crippen molar-refractivity contribution in [2.75, 3.05) is 17.2 Å². The second-order valence-corrected chi connectivity index (χ2v) is 7.60. The Labute approximate surface area is 129 Å². The van der Waals surface area contributed by atoms with Gasteiger partial charge in [-0.25, -0.2) is 13.1 Å². The molecule has 0 saturated heterocycles. The molecular formula is C14H18N2O3S2. The first-order valence-electron chi connectivity index (χ1n) is 6.46. The van der Waals surface area contributed by atoms with E-state index in [0.717, 1.165) is 10.7 Å². The van der Waals surface area contributed by atoms with Crippen LogP contribution in [0.2, 0.25) is 0 Å². The van der Waals surface area contributed by atoms with Gasteiger partial charge in [-0.05, 0) is 31.2 Å². The zero-order chi connectivity index (χ0) is 15.3. The van der Waals surface area contributed by atoms with Gasteiger partial charge < -0.3 is 10.2 Å². The highest BCUT2D eigenvalue weighted by atomic mass is 32.2. The average molecular weight is 326 g/mol. The first kappa shape index (κ1) is 15.9.